The van der Waals surface area contributed by atoms with E-state index in [9.17, 15) is 0 Å². The van der Waals surface area contributed by atoms with Gasteiger partial charge in [0.05, 0.1) is 6.54 Å². The highest BCUT2D eigenvalue weighted by Crippen LogP contribution is 2.29. The van der Waals surface area contributed by atoms with Gasteiger partial charge < -0.3 is 5.32 Å². The largest absolute Gasteiger partial charge is 0.346 e. The molecule has 0 aromatic heterocycles. The molecule has 1 N–H and O–H groups in total. The molecule has 0 saturated heterocycles. The zero-order valence-electron chi connectivity index (χ0n) is 14.3. The molecule has 1 heterocycles. The molecule has 26 heavy (non-hydrogen) atoms. The molecule has 1 aliphatic rings. The van der Waals surface area contributed by atoms with Crippen LogP contribution in [0.15, 0.2) is 96.1 Å². The lowest BCUT2D eigenvalue weighted by molar-refractivity contribution is 1.12. The van der Waals surface area contributed by atoms with Crippen molar-refractivity contribution in [2.45, 2.75) is 0 Å². The number of aliphatic imine (C=N–C) groups is 1. The van der Waals surface area contributed by atoms with Crippen LogP contribution in [-0.4, -0.2) is 12.4 Å². The second-order valence-corrected chi connectivity index (χ2v) is 6.54. The number of rotatable bonds is 2. The van der Waals surface area contributed by atoms with Gasteiger partial charge >= 0.3 is 0 Å². The van der Waals surface area contributed by atoms with Gasteiger partial charge in [-0.2, -0.15) is 0 Å². The van der Waals surface area contributed by atoms with Crippen LogP contribution >= 0.6 is 0 Å². The summed E-state index contributed by atoms with van der Waals surface area (Å²) >= 11 is 0. The quantitative estimate of drug-likeness (QED) is 0.489. The van der Waals surface area contributed by atoms with Gasteiger partial charge in [-0.1, -0.05) is 78.9 Å². The minimum atomic E-state index is 0.684. The van der Waals surface area contributed by atoms with Gasteiger partial charge in [-0.25, -0.2) is 0 Å². The number of benzene rings is 4. The topological polar surface area (TPSA) is 24.4 Å². The molecule has 2 heteroatoms. The normalized spacial score (nSPS) is 14.0. The van der Waals surface area contributed by atoms with Gasteiger partial charge in [0.25, 0.3) is 0 Å². The van der Waals surface area contributed by atoms with Crippen molar-refractivity contribution in [3.05, 3.63) is 102 Å². The van der Waals surface area contributed by atoms with Crippen molar-refractivity contribution in [3.63, 3.8) is 0 Å². The average molecular weight is 334 g/mol. The second kappa shape index (κ2) is 6.16. The maximum Gasteiger partial charge on any atom is 0.133 e. The Labute approximate surface area is 152 Å². The third-order valence-electron chi connectivity index (χ3n) is 4.94. The zero-order valence-corrected chi connectivity index (χ0v) is 14.3. The van der Waals surface area contributed by atoms with Crippen LogP contribution in [0.5, 0.6) is 0 Å². The van der Waals surface area contributed by atoms with Crippen LogP contribution in [0.4, 0.5) is 0 Å². The van der Waals surface area contributed by atoms with Gasteiger partial charge in [0.2, 0.25) is 0 Å². The van der Waals surface area contributed by atoms with Crippen LogP contribution in [0.25, 0.3) is 27.1 Å². The summed E-state index contributed by atoms with van der Waals surface area (Å²) < 4.78 is 0. The molecule has 0 radical (unpaired) electrons. The van der Waals surface area contributed by atoms with E-state index >= 15 is 0 Å². The van der Waals surface area contributed by atoms with Crippen molar-refractivity contribution in [2.24, 2.45) is 4.99 Å². The van der Waals surface area contributed by atoms with Crippen LogP contribution < -0.4 is 5.32 Å². The Balaban J connectivity index is 1.64. The van der Waals surface area contributed by atoms with Crippen LogP contribution in [0.3, 0.4) is 0 Å². The van der Waals surface area contributed by atoms with Gasteiger partial charge in [0.15, 0.2) is 0 Å². The van der Waals surface area contributed by atoms with Crippen molar-refractivity contribution in [1.82, 2.24) is 5.32 Å². The molecule has 0 spiro atoms. The van der Waals surface area contributed by atoms with Crippen LogP contribution in [0.2, 0.25) is 0 Å². The lowest BCUT2D eigenvalue weighted by Gasteiger charge is -2.18. The first kappa shape index (κ1) is 14.9. The highest BCUT2D eigenvalue weighted by molar-refractivity contribution is 6.20. The Hall–Kier alpha value is -3.39. The molecule has 0 atom stereocenters. The van der Waals surface area contributed by atoms with Gasteiger partial charge in [0.1, 0.15) is 5.84 Å². The highest BCUT2D eigenvalue weighted by atomic mass is 15.0. The van der Waals surface area contributed by atoms with Crippen molar-refractivity contribution in [3.8, 4) is 0 Å². The predicted molar refractivity (Wildman–Crippen MR) is 110 cm³/mol. The molecule has 0 aliphatic carbocycles. The number of fused-ring (bicyclic) bond motifs is 2. The van der Waals surface area contributed by atoms with Gasteiger partial charge in [-0.3, -0.25) is 4.99 Å². The maximum atomic E-state index is 4.90. The number of nitrogens with one attached hydrogen (secondary N) is 1. The first-order chi connectivity index (χ1) is 12.9. The van der Waals surface area contributed by atoms with Gasteiger partial charge in [0, 0.05) is 11.8 Å². The summed E-state index contributed by atoms with van der Waals surface area (Å²) in [7, 11) is 0. The molecular weight excluding hydrogens is 316 g/mol. The molecular formula is C24H18N2. The molecule has 1 aliphatic heterocycles. The summed E-state index contributed by atoms with van der Waals surface area (Å²) in [6, 6.07) is 29.7. The van der Waals surface area contributed by atoms with E-state index in [2.05, 4.69) is 90.4 Å². The molecule has 0 bridgehead atoms. The fourth-order valence-electron chi connectivity index (χ4n) is 3.66. The fraction of sp³-hybridized carbons (Fsp3) is 0.0417. The Kier molecular flexibility index (Phi) is 3.53. The molecule has 4 aromatic carbocycles. The highest BCUT2D eigenvalue weighted by Gasteiger charge is 2.15. The molecule has 0 saturated carbocycles. The number of hydrogen-bond acceptors (Lipinski definition) is 2. The molecule has 124 valence electrons. The minimum Gasteiger partial charge on any atom is -0.346 e. The van der Waals surface area contributed by atoms with E-state index in [0.29, 0.717) is 6.54 Å². The Morgan fingerprint density at radius 3 is 1.92 bits per heavy atom. The average Bonchev–Trinajstić information content (AvgIpc) is 2.73. The third-order valence-corrected chi connectivity index (χ3v) is 4.94. The van der Waals surface area contributed by atoms with Crippen molar-refractivity contribution >= 4 is 33.0 Å². The summed E-state index contributed by atoms with van der Waals surface area (Å²) in [5.41, 5.74) is 3.60. The summed E-state index contributed by atoms with van der Waals surface area (Å²) in [5, 5.41) is 8.40. The molecule has 2 nitrogen and oxygen atoms in total. The number of nitrogens with zero attached hydrogens (tertiary/aromatic N) is 1. The summed E-state index contributed by atoms with van der Waals surface area (Å²) in [5.74, 6) is 0.942. The molecule has 4 aromatic rings. The van der Waals surface area contributed by atoms with E-state index in [1.165, 1.54) is 38.2 Å². The summed E-state index contributed by atoms with van der Waals surface area (Å²) in [6.07, 6.45) is 2.09. The standard InChI is InChI=1S/C24H18N2/c1-2-8-17(9-3-1)20-15-25-24(26-16-20)23-21-12-6-4-10-18(21)14-19-11-5-7-13-22(19)23/h1-15H,16H2,(H,25,26). The SMILES string of the molecule is C1=C(c2ccccc2)CN=C(c2c3ccccc3cc3ccccc23)N1. The lowest BCUT2D eigenvalue weighted by Crippen LogP contribution is -2.24. The smallest absolute Gasteiger partial charge is 0.133 e. The first-order valence-electron chi connectivity index (χ1n) is 8.86. The summed E-state index contributed by atoms with van der Waals surface area (Å²) in [4.78, 5) is 4.90. The number of amidine groups is 1. The molecule has 0 unspecified atom stereocenters. The zero-order chi connectivity index (χ0) is 17.3. The van der Waals surface area contributed by atoms with E-state index in [1.54, 1.807) is 0 Å². The van der Waals surface area contributed by atoms with Crippen molar-refractivity contribution in [1.29, 1.82) is 0 Å². The monoisotopic (exact) mass is 334 g/mol. The van der Waals surface area contributed by atoms with E-state index in [-0.39, 0.29) is 0 Å². The van der Waals surface area contributed by atoms with E-state index in [0.717, 1.165) is 5.84 Å². The molecule has 0 fully saturated rings. The Bertz CT molecular complexity index is 1120. The third kappa shape index (κ3) is 2.47. The maximum absolute atomic E-state index is 4.90. The van der Waals surface area contributed by atoms with Crippen LogP contribution in [0, 0.1) is 0 Å². The fourth-order valence-corrected chi connectivity index (χ4v) is 3.66. The van der Waals surface area contributed by atoms with Gasteiger partial charge in [-0.05, 0) is 38.7 Å². The Morgan fingerprint density at radius 2 is 1.31 bits per heavy atom. The van der Waals surface area contributed by atoms with Crippen molar-refractivity contribution < 1.29 is 0 Å². The lowest BCUT2D eigenvalue weighted by atomic mass is 9.95. The van der Waals surface area contributed by atoms with Crippen LogP contribution in [0.1, 0.15) is 11.1 Å². The Morgan fingerprint density at radius 1 is 0.692 bits per heavy atom. The van der Waals surface area contributed by atoms with E-state index in [4.69, 9.17) is 4.99 Å². The van der Waals surface area contributed by atoms with Gasteiger partial charge in [-0.15, -0.1) is 0 Å². The molecule has 0 amide bonds. The van der Waals surface area contributed by atoms with E-state index in [1.807, 2.05) is 6.07 Å². The molecule has 5 rings (SSSR count). The number of hydrogen-bond donors (Lipinski definition) is 1. The van der Waals surface area contributed by atoms with Crippen molar-refractivity contribution in [2.75, 3.05) is 6.54 Å². The predicted octanol–water partition coefficient (Wildman–Crippen LogP) is 5.38. The second-order valence-electron chi connectivity index (χ2n) is 6.54. The minimum absolute atomic E-state index is 0.684. The van der Waals surface area contributed by atoms with E-state index < -0.39 is 0 Å². The summed E-state index contributed by atoms with van der Waals surface area (Å²) in [6.45, 7) is 0.684. The first-order valence-corrected chi connectivity index (χ1v) is 8.86. The van der Waals surface area contributed by atoms with Crippen LogP contribution in [-0.2, 0) is 0 Å².